The maximum absolute atomic E-state index is 12.2. The van der Waals surface area contributed by atoms with Crippen molar-refractivity contribution in [3.63, 3.8) is 0 Å². The normalized spacial score (nSPS) is 14.4. The number of carboxylic acid groups (broad SMARTS) is 1. The number of carboxylic acids is 1. The fourth-order valence-electron chi connectivity index (χ4n) is 3.28. The molecule has 1 amide bonds. The third kappa shape index (κ3) is 3.36. The van der Waals surface area contributed by atoms with E-state index < -0.39 is 29.6 Å². The number of alkyl carbamates (subject to hydrolysis) is 1. The molecule has 0 aromatic heterocycles. The van der Waals surface area contributed by atoms with Crippen LogP contribution in [0.25, 0.3) is 11.1 Å². The molecule has 5 heteroatoms. The van der Waals surface area contributed by atoms with E-state index in [0.717, 1.165) is 22.3 Å². The third-order valence-electron chi connectivity index (χ3n) is 4.15. The van der Waals surface area contributed by atoms with Crippen LogP contribution in [0.2, 0.25) is 0 Å². The van der Waals surface area contributed by atoms with Gasteiger partial charge in [-0.2, -0.15) is 0 Å². The quantitative estimate of drug-likeness (QED) is 0.892. The molecule has 2 aromatic rings. The van der Waals surface area contributed by atoms with Crippen molar-refractivity contribution in [2.24, 2.45) is 0 Å². The van der Waals surface area contributed by atoms with Gasteiger partial charge in [0.1, 0.15) is 11.6 Å². The SMILES string of the molecule is CC(C)(C)OC(=O)N[C@@H](C(=O)O)C1c2ccccc2-c2ccccc21. The van der Waals surface area contributed by atoms with Crippen LogP contribution < -0.4 is 5.32 Å². The number of nitrogens with one attached hydrogen (secondary N) is 1. The van der Waals surface area contributed by atoms with Gasteiger partial charge >= 0.3 is 12.1 Å². The molecule has 25 heavy (non-hydrogen) atoms. The fourth-order valence-corrected chi connectivity index (χ4v) is 3.28. The molecule has 0 aliphatic heterocycles. The van der Waals surface area contributed by atoms with Gasteiger partial charge in [0, 0.05) is 5.92 Å². The molecule has 0 saturated carbocycles. The molecule has 3 rings (SSSR count). The molecule has 0 spiro atoms. The zero-order valence-corrected chi connectivity index (χ0v) is 14.4. The molecule has 1 aliphatic rings. The lowest BCUT2D eigenvalue weighted by molar-refractivity contribution is -0.139. The van der Waals surface area contributed by atoms with E-state index in [-0.39, 0.29) is 0 Å². The number of aliphatic carboxylic acids is 1. The Labute approximate surface area is 146 Å². The van der Waals surface area contributed by atoms with Crippen LogP contribution in [0.15, 0.2) is 48.5 Å². The van der Waals surface area contributed by atoms with E-state index in [2.05, 4.69) is 5.32 Å². The number of amides is 1. The minimum Gasteiger partial charge on any atom is -0.480 e. The Morgan fingerprint density at radius 3 is 1.92 bits per heavy atom. The summed E-state index contributed by atoms with van der Waals surface area (Å²) in [5.41, 5.74) is 3.10. The first-order valence-corrected chi connectivity index (χ1v) is 8.18. The molecule has 2 aromatic carbocycles. The number of benzene rings is 2. The predicted molar refractivity (Wildman–Crippen MR) is 94.5 cm³/mol. The summed E-state index contributed by atoms with van der Waals surface area (Å²) in [5, 5.41) is 12.3. The van der Waals surface area contributed by atoms with E-state index in [4.69, 9.17) is 4.74 Å². The number of hydrogen-bond acceptors (Lipinski definition) is 3. The van der Waals surface area contributed by atoms with E-state index in [1.165, 1.54) is 0 Å². The molecule has 0 radical (unpaired) electrons. The first kappa shape index (κ1) is 17.0. The summed E-state index contributed by atoms with van der Waals surface area (Å²) in [6.45, 7) is 5.22. The Morgan fingerprint density at radius 1 is 1.00 bits per heavy atom. The van der Waals surface area contributed by atoms with Gasteiger partial charge in [0.15, 0.2) is 0 Å². The van der Waals surface area contributed by atoms with Crippen LogP contribution in [0.5, 0.6) is 0 Å². The number of fused-ring (bicyclic) bond motifs is 3. The highest BCUT2D eigenvalue weighted by Crippen LogP contribution is 2.46. The second-order valence-electron chi connectivity index (χ2n) is 7.11. The van der Waals surface area contributed by atoms with Crippen LogP contribution in [0.1, 0.15) is 37.8 Å². The van der Waals surface area contributed by atoms with Crippen LogP contribution in [0, 0.1) is 0 Å². The fraction of sp³-hybridized carbons (Fsp3) is 0.300. The Bertz CT molecular complexity index is 777. The highest BCUT2D eigenvalue weighted by atomic mass is 16.6. The standard InChI is InChI=1S/C20H21NO4/c1-20(2,3)25-19(24)21-17(18(22)23)16-14-10-6-4-8-12(14)13-9-5-7-11-15(13)16/h4-11,16-17H,1-3H3,(H,21,24)(H,22,23)/t17-/m1/s1. The zero-order valence-electron chi connectivity index (χ0n) is 14.4. The summed E-state index contributed by atoms with van der Waals surface area (Å²) in [6, 6.07) is 14.3. The van der Waals surface area contributed by atoms with Gasteiger partial charge in [-0.1, -0.05) is 48.5 Å². The Hall–Kier alpha value is -2.82. The Morgan fingerprint density at radius 2 is 1.48 bits per heavy atom. The van der Waals surface area contributed by atoms with Gasteiger partial charge in [0.05, 0.1) is 0 Å². The Balaban J connectivity index is 2.00. The largest absolute Gasteiger partial charge is 0.480 e. The number of carbonyl (C=O) groups is 2. The lowest BCUT2D eigenvalue weighted by Gasteiger charge is -2.25. The highest BCUT2D eigenvalue weighted by molar-refractivity contribution is 5.87. The summed E-state index contributed by atoms with van der Waals surface area (Å²) >= 11 is 0. The van der Waals surface area contributed by atoms with Gasteiger partial charge in [-0.05, 0) is 43.0 Å². The van der Waals surface area contributed by atoms with Crippen molar-refractivity contribution >= 4 is 12.1 Å². The monoisotopic (exact) mass is 339 g/mol. The topological polar surface area (TPSA) is 75.6 Å². The van der Waals surface area contributed by atoms with E-state index in [1.54, 1.807) is 20.8 Å². The first-order chi connectivity index (χ1) is 11.8. The average Bonchev–Trinajstić information content (AvgIpc) is 2.85. The van der Waals surface area contributed by atoms with Crippen molar-refractivity contribution in [3.05, 3.63) is 59.7 Å². The van der Waals surface area contributed by atoms with E-state index >= 15 is 0 Å². The van der Waals surface area contributed by atoms with Crippen LogP contribution in [-0.2, 0) is 9.53 Å². The summed E-state index contributed by atoms with van der Waals surface area (Å²) in [7, 11) is 0. The Kier molecular flexibility index (Phi) is 4.25. The second-order valence-corrected chi connectivity index (χ2v) is 7.11. The molecule has 5 nitrogen and oxygen atoms in total. The summed E-state index contributed by atoms with van der Waals surface area (Å²) in [6.07, 6.45) is -0.734. The summed E-state index contributed by atoms with van der Waals surface area (Å²) in [4.78, 5) is 24.1. The molecule has 0 fully saturated rings. The summed E-state index contributed by atoms with van der Waals surface area (Å²) in [5.74, 6) is -1.56. The highest BCUT2D eigenvalue weighted by Gasteiger charge is 2.39. The van der Waals surface area contributed by atoms with E-state index in [1.807, 2.05) is 48.5 Å². The molecule has 1 atom stereocenters. The third-order valence-corrected chi connectivity index (χ3v) is 4.15. The minimum absolute atomic E-state index is 0.461. The molecule has 0 heterocycles. The van der Waals surface area contributed by atoms with Crippen molar-refractivity contribution in [3.8, 4) is 11.1 Å². The van der Waals surface area contributed by atoms with Gasteiger partial charge in [-0.15, -0.1) is 0 Å². The van der Waals surface area contributed by atoms with Gasteiger partial charge in [0.2, 0.25) is 0 Å². The second kappa shape index (κ2) is 6.24. The zero-order chi connectivity index (χ0) is 18.2. The molecule has 2 N–H and O–H groups in total. The van der Waals surface area contributed by atoms with Crippen molar-refractivity contribution in [2.75, 3.05) is 0 Å². The smallest absolute Gasteiger partial charge is 0.408 e. The maximum atomic E-state index is 12.2. The van der Waals surface area contributed by atoms with Gasteiger partial charge in [-0.3, -0.25) is 0 Å². The molecular weight excluding hydrogens is 318 g/mol. The molecule has 0 bridgehead atoms. The number of hydrogen-bond donors (Lipinski definition) is 2. The molecule has 1 aliphatic carbocycles. The molecule has 0 saturated heterocycles. The van der Waals surface area contributed by atoms with Gasteiger partial charge < -0.3 is 15.2 Å². The lowest BCUT2D eigenvalue weighted by atomic mass is 9.89. The number of ether oxygens (including phenoxy) is 1. The summed E-state index contributed by atoms with van der Waals surface area (Å²) < 4.78 is 5.24. The number of carbonyl (C=O) groups excluding carboxylic acids is 1. The predicted octanol–water partition coefficient (Wildman–Crippen LogP) is 3.78. The maximum Gasteiger partial charge on any atom is 0.408 e. The van der Waals surface area contributed by atoms with E-state index in [0.29, 0.717) is 0 Å². The van der Waals surface area contributed by atoms with Gasteiger partial charge in [-0.25, -0.2) is 9.59 Å². The van der Waals surface area contributed by atoms with Crippen molar-refractivity contribution in [2.45, 2.75) is 38.3 Å². The van der Waals surface area contributed by atoms with E-state index in [9.17, 15) is 14.7 Å². The van der Waals surface area contributed by atoms with Crippen molar-refractivity contribution < 1.29 is 19.4 Å². The van der Waals surface area contributed by atoms with Crippen molar-refractivity contribution in [1.29, 1.82) is 0 Å². The molecule has 130 valence electrons. The van der Waals surface area contributed by atoms with Crippen LogP contribution in [0.4, 0.5) is 4.79 Å². The van der Waals surface area contributed by atoms with Crippen molar-refractivity contribution in [1.82, 2.24) is 5.32 Å². The lowest BCUT2D eigenvalue weighted by Crippen LogP contribution is -2.46. The van der Waals surface area contributed by atoms with Gasteiger partial charge in [0.25, 0.3) is 0 Å². The minimum atomic E-state index is -1.11. The number of rotatable bonds is 3. The first-order valence-electron chi connectivity index (χ1n) is 8.18. The molecule has 0 unspecified atom stereocenters. The van der Waals surface area contributed by atoms with Crippen LogP contribution in [0.3, 0.4) is 0 Å². The van der Waals surface area contributed by atoms with Crippen LogP contribution >= 0.6 is 0 Å². The molecular formula is C20H21NO4. The van der Waals surface area contributed by atoms with Crippen LogP contribution in [-0.4, -0.2) is 28.8 Å². The average molecular weight is 339 g/mol.